The second-order valence-electron chi connectivity index (χ2n) is 8.20. The van der Waals surface area contributed by atoms with Gasteiger partial charge in [-0.15, -0.1) is 0 Å². The Labute approximate surface area is 177 Å². The number of ether oxygens (including phenoxy) is 1. The predicted molar refractivity (Wildman–Crippen MR) is 109 cm³/mol. The summed E-state index contributed by atoms with van der Waals surface area (Å²) < 4.78 is 33.9. The third-order valence-corrected chi connectivity index (χ3v) is 6.16. The molecule has 2 aliphatic rings. The SMILES string of the molecule is C[C@@H]1OC[C@@]2(c3cc(NC(=O)c4ccc(F)cn4)ccc3F)N=C(N)[C@@](C)(C#N)C[C@@H]12. The van der Waals surface area contributed by atoms with Crippen LogP contribution in [0.15, 0.2) is 41.5 Å². The molecule has 0 unspecified atom stereocenters. The molecule has 0 spiro atoms. The monoisotopic (exact) mass is 425 g/mol. The number of halogens is 2. The van der Waals surface area contributed by atoms with Gasteiger partial charge in [-0.25, -0.2) is 13.8 Å². The summed E-state index contributed by atoms with van der Waals surface area (Å²) in [7, 11) is 0. The number of aromatic nitrogens is 1. The van der Waals surface area contributed by atoms with Crippen LogP contribution in [0.1, 0.15) is 36.3 Å². The van der Waals surface area contributed by atoms with Crippen molar-refractivity contribution in [2.24, 2.45) is 22.1 Å². The topological polar surface area (TPSA) is 113 Å². The zero-order chi connectivity index (χ0) is 22.4. The highest BCUT2D eigenvalue weighted by atomic mass is 19.1. The Hall–Kier alpha value is -3.38. The first-order chi connectivity index (χ1) is 14.7. The summed E-state index contributed by atoms with van der Waals surface area (Å²) in [5, 5.41) is 12.2. The van der Waals surface area contributed by atoms with Gasteiger partial charge in [0.1, 0.15) is 34.1 Å². The molecule has 160 valence electrons. The quantitative estimate of drug-likeness (QED) is 0.784. The summed E-state index contributed by atoms with van der Waals surface area (Å²) in [6.07, 6.45) is 1.05. The third-order valence-electron chi connectivity index (χ3n) is 6.16. The Morgan fingerprint density at radius 2 is 2.13 bits per heavy atom. The molecule has 31 heavy (non-hydrogen) atoms. The molecular weight excluding hydrogens is 404 g/mol. The van der Waals surface area contributed by atoms with Gasteiger partial charge in [0.2, 0.25) is 0 Å². The first-order valence-corrected chi connectivity index (χ1v) is 9.80. The van der Waals surface area contributed by atoms with Gasteiger partial charge < -0.3 is 15.8 Å². The maximum Gasteiger partial charge on any atom is 0.274 e. The second-order valence-corrected chi connectivity index (χ2v) is 8.20. The first-order valence-electron chi connectivity index (χ1n) is 9.80. The molecule has 0 bridgehead atoms. The van der Waals surface area contributed by atoms with Gasteiger partial charge in [0.05, 0.1) is 25.0 Å². The van der Waals surface area contributed by atoms with Crippen LogP contribution in [0.3, 0.4) is 0 Å². The number of amides is 1. The number of aliphatic imine (C=N–C) groups is 1. The van der Waals surface area contributed by atoms with Gasteiger partial charge >= 0.3 is 0 Å². The van der Waals surface area contributed by atoms with Gasteiger partial charge in [-0.3, -0.25) is 9.79 Å². The largest absolute Gasteiger partial charge is 0.386 e. The molecule has 0 radical (unpaired) electrons. The lowest BCUT2D eigenvalue weighted by Gasteiger charge is -2.41. The number of nitrogens with zero attached hydrogens (tertiary/aromatic N) is 3. The number of nitriles is 1. The van der Waals surface area contributed by atoms with Crippen molar-refractivity contribution in [2.75, 3.05) is 11.9 Å². The molecule has 1 aromatic carbocycles. The van der Waals surface area contributed by atoms with Crippen LogP contribution in [0.4, 0.5) is 14.5 Å². The lowest BCUT2D eigenvalue weighted by Crippen LogP contribution is -2.49. The van der Waals surface area contributed by atoms with E-state index in [0.29, 0.717) is 12.1 Å². The number of nitrogens with two attached hydrogens (primary N) is 1. The summed E-state index contributed by atoms with van der Waals surface area (Å²) in [6, 6.07) is 8.75. The fourth-order valence-corrected chi connectivity index (χ4v) is 4.28. The zero-order valence-electron chi connectivity index (χ0n) is 17.0. The molecule has 3 N–H and O–H groups in total. The predicted octanol–water partition coefficient (Wildman–Crippen LogP) is 3.13. The van der Waals surface area contributed by atoms with E-state index < -0.39 is 28.5 Å². The molecule has 1 aromatic heterocycles. The smallest absolute Gasteiger partial charge is 0.274 e. The number of rotatable bonds is 3. The van der Waals surface area contributed by atoms with Crippen molar-refractivity contribution in [3.05, 3.63) is 59.4 Å². The number of amidine groups is 1. The molecule has 2 aliphatic heterocycles. The van der Waals surface area contributed by atoms with Crippen LogP contribution in [-0.2, 0) is 10.3 Å². The number of carbonyl (C=O) groups excluding carboxylic acids is 1. The number of fused-ring (bicyclic) bond motifs is 1. The highest BCUT2D eigenvalue weighted by Gasteiger charge is 2.57. The molecule has 4 rings (SSSR count). The molecular formula is C22H21F2N5O2. The molecule has 1 amide bonds. The number of carbonyl (C=O) groups is 1. The van der Waals surface area contributed by atoms with E-state index in [4.69, 9.17) is 10.5 Å². The Bertz CT molecular complexity index is 1110. The summed E-state index contributed by atoms with van der Waals surface area (Å²) in [5.41, 5.74) is 4.65. The van der Waals surface area contributed by atoms with E-state index in [1.165, 1.54) is 24.3 Å². The van der Waals surface area contributed by atoms with Crippen molar-refractivity contribution < 1.29 is 18.3 Å². The average molecular weight is 425 g/mol. The van der Waals surface area contributed by atoms with Crippen LogP contribution >= 0.6 is 0 Å². The number of pyridine rings is 1. The third kappa shape index (κ3) is 3.43. The van der Waals surface area contributed by atoms with E-state index in [9.17, 15) is 14.4 Å². The van der Waals surface area contributed by atoms with Crippen LogP contribution in [0.25, 0.3) is 0 Å². The van der Waals surface area contributed by atoms with Crippen LogP contribution in [0, 0.1) is 34.3 Å². The molecule has 9 heteroatoms. The number of benzene rings is 1. The number of hydrogen-bond donors (Lipinski definition) is 2. The second kappa shape index (κ2) is 7.39. The van der Waals surface area contributed by atoms with Crippen LogP contribution in [-0.4, -0.2) is 29.4 Å². The lowest BCUT2D eigenvalue weighted by molar-refractivity contribution is 0.0995. The van der Waals surface area contributed by atoms with Gasteiger partial charge in [-0.1, -0.05) is 0 Å². The Balaban J connectivity index is 1.73. The van der Waals surface area contributed by atoms with Crippen LogP contribution in [0.5, 0.6) is 0 Å². The lowest BCUT2D eigenvalue weighted by atomic mass is 9.67. The molecule has 1 saturated heterocycles. The van der Waals surface area contributed by atoms with Crippen molar-refractivity contribution in [1.29, 1.82) is 5.26 Å². The van der Waals surface area contributed by atoms with Gasteiger partial charge in [-0.05, 0) is 50.6 Å². The van der Waals surface area contributed by atoms with E-state index >= 15 is 4.39 Å². The number of hydrogen-bond acceptors (Lipinski definition) is 6. The van der Waals surface area contributed by atoms with Crippen molar-refractivity contribution in [1.82, 2.24) is 4.98 Å². The Morgan fingerprint density at radius 3 is 2.81 bits per heavy atom. The van der Waals surface area contributed by atoms with E-state index in [0.717, 1.165) is 12.3 Å². The zero-order valence-corrected chi connectivity index (χ0v) is 17.0. The number of anilines is 1. The molecule has 1 fully saturated rings. The van der Waals surface area contributed by atoms with Crippen LogP contribution < -0.4 is 11.1 Å². The van der Waals surface area contributed by atoms with Crippen molar-refractivity contribution in [3.63, 3.8) is 0 Å². The maximum atomic E-state index is 15.0. The van der Waals surface area contributed by atoms with E-state index in [1.807, 2.05) is 6.92 Å². The molecule has 7 nitrogen and oxygen atoms in total. The maximum absolute atomic E-state index is 15.0. The number of nitrogens with one attached hydrogen (secondary N) is 1. The van der Waals surface area contributed by atoms with Gasteiger partial charge in [0.25, 0.3) is 5.91 Å². The van der Waals surface area contributed by atoms with Crippen LogP contribution in [0.2, 0.25) is 0 Å². The summed E-state index contributed by atoms with van der Waals surface area (Å²) in [6.45, 7) is 3.68. The Kier molecular flexibility index (Phi) is 4.98. The standard InChI is InChI=1S/C22H21F2N5O2/c1-12-16-8-21(2,10-25)20(26)29-22(16,11-31-12)15-7-14(4-5-17(15)24)28-19(30)18-6-3-13(23)9-27-18/h3-7,9,12,16H,8,11H2,1-2H3,(H2,26,29)(H,28,30)/t12-,16-,21+,22-/m0/s1. The summed E-state index contributed by atoms with van der Waals surface area (Å²) in [4.78, 5) is 20.8. The molecule has 4 atom stereocenters. The molecule has 3 heterocycles. The minimum absolute atomic E-state index is 0.0193. The highest BCUT2D eigenvalue weighted by molar-refractivity contribution is 6.02. The van der Waals surface area contributed by atoms with Crippen molar-refractivity contribution in [3.8, 4) is 6.07 Å². The first kappa shape index (κ1) is 20.9. The fourth-order valence-electron chi connectivity index (χ4n) is 4.28. The van der Waals surface area contributed by atoms with Gasteiger partial charge in [0.15, 0.2) is 0 Å². The van der Waals surface area contributed by atoms with Gasteiger partial charge in [0, 0.05) is 17.2 Å². The fraction of sp³-hybridized carbons (Fsp3) is 0.364. The normalized spacial score (nSPS) is 29.6. The molecule has 0 saturated carbocycles. The van der Waals surface area contributed by atoms with Crippen molar-refractivity contribution in [2.45, 2.75) is 31.9 Å². The minimum Gasteiger partial charge on any atom is -0.386 e. The van der Waals surface area contributed by atoms with Gasteiger partial charge in [-0.2, -0.15) is 5.26 Å². The van der Waals surface area contributed by atoms with Crippen molar-refractivity contribution >= 4 is 17.4 Å². The van der Waals surface area contributed by atoms with E-state index in [-0.39, 0.29) is 35.7 Å². The average Bonchev–Trinajstić information content (AvgIpc) is 3.06. The van der Waals surface area contributed by atoms with E-state index in [1.54, 1.807) is 6.92 Å². The van der Waals surface area contributed by atoms with E-state index in [2.05, 4.69) is 21.4 Å². The highest BCUT2D eigenvalue weighted by Crippen LogP contribution is 2.52. The Morgan fingerprint density at radius 1 is 1.35 bits per heavy atom. The summed E-state index contributed by atoms with van der Waals surface area (Å²) >= 11 is 0. The molecule has 0 aliphatic carbocycles. The summed E-state index contributed by atoms with van der Waals surface area (Å²) in [5.74, 6) is -1.78. The molecule has 2 aromatic rings. The minimum atomic E-state index is -1.10.